The van der Waals surface area contributed by atoms with E-state index in [2.05, 4.69) is 4.98 Å². The molecule has 2 rings (SSSR count). The van der Waals surface area contributed by atoms with Gasteiger partial charge in [0.25, 0.3) is 0 Å². The summed E-state index contributed by atoms with van der Waals surface area (Å²) in [6.45, 7) is 1.73. The summed E-state index contributed by atoms with van der Waals surface area (Å²) in [5, 5.41) is 19.5. The molecule has 2 N–H and O–H groups in total. The Bertz CT molecular complexity index is 549. The first kappa shape index (κ1) is 9.45. The first-order valence-corrected chi connectivity index (χ1v) is 4.41. The summed E-state index contributed by atoms with van der Waals surface area (Å²) in [7, 11) is 0. The zero-order valence-corrected chi connectivity index (χ0v) is 8.06. The standard InChI is InChI=1S/C11H9NO3/c1-6-4-7-2-3-8(13)5-9(7)10(12-6)11(14)15/h2-5,13H,1H3,(H,14,15). The highest BCUT2D eigenvalue weighted by molar-refractivity contribution is 6.02. The Kier molecular flexibility index (Phi) is 2.04. The highest BCUT2D eigenvalue weighted by atomic mass is 16.4. The van der Waals surface area contributed by atoms with Crippen LogP contribution in [-0.4, -0.2) is 21.2 Å². The van der Waals surface area contributed by atoms with Gasteiger partial charge in [-0.25, -0.2) is 9.78 Å². The molecule has 4 nitrogen and oxygen atoms in total. The van der Waals surface area contributed by atoms with Gasteiger partial charge < -0.3 is 10.2 Å². The molecule has 15 heavy (non-hydrogen) atoms. The van der Waals surface area contributed by atoms with Gasteiger partial charge in [-0.05, 0) is 30.5 Å². The van der Waals surface area contributed by atoms with E-state index in [1.54, 1.807) is 19.1 Å². The van der Waals surface area contributed by atoms with Crippen molar-refractivity contribution in [1.82, 2.24) is 4.98 Å². The number of phenolic OH excluding ortho intramolecular Hbond substituents is 1. The van der Waals surface area contributed by atoms with E-state index in [9.17, 15) is 9.90 Å². The van der Waals surface area contributed by atoms with Gasteiger partial charge in [-0.3, -0.25) is 0 Å². The van der Waals surface area contributed by atoms with Crippen molar-refractivity contribution in [3.63, 3.8) is 0 Å². The van der Waals surface area contributed by atoms with E-state index in [1.165, 1.54) is 12.1 Å². The van der Waals surface area contributed by atoms with Gasteiger partial charge in [0, 0.05) is 11.1 Å². The Balaban J connectivity index is 2.87. The topological polar surface area (TPSA) is 70.4 Å². The number of benzene rings is 1. The second-order valence-electron chi connectivity index (χ2n) is 3.32. The molecule has 0 aliphatic heterocycles. The summed E-state index contributed by atoms with van der Waals surface area (Å²) < 4.78 is 0. The second kappa shape index (κ2) is 3.24. The summed E-state index contributed by atoms with van der Waals surface area (Å²) in [5.41, 5.74) is 0.617. The van der Waals surface area contributed by atoms with Crippen molar-refractivity contribution < 1.29 is 15.0 Å². The largest absolute Gasteiger partial charge is 0.508 e. The van der Waals surface area contributed by atoms with Gasteiger partial charge in [-0.1, -0.05) is 6.07 Å². The number of aromatic carboxylic acids is 1. The van der Waals surface area contributed by atoms with Crippen molar-refractivity contribution in [1.29, 1.82) is 0 Å². The number of aromatic hydroxyl groups is 1. The van der Waals surface area contributed by atoms with Crippen LogP contribution in [0.15, 0.2) is 24.3 Å². The SMILES string of the molecule is Cc1cc2ccc(O)cc2c(C(=O)O)n1. The number of phenols is 1. The lowest BCUT2D eigenvalue weighted by Crippen LogP contribution is -2.02. The van der Waals surface area contributed by atoms with E-state index in [1.807, 2.05) is 0 Å². The number of carboxylic acids is 1. The third-order valence-corrected chi connectivity index (χ3v) is 2.15. The number of aryl methyl sites for hydroxylation is 1. The molecule has 0 radical (unpaired) electrons. The second-order valence-corrected chi connectivity index (χ2v) is 3.32. The number of hydrogen-bond donors (Lipinski definition) is 2. The Hall–Kier alpha value is -2.10. The maximum absolute atomic E-state index is 10.9. The molecule has 0 bridgehead atoms. The summed E-state index contributed by atoms with van der Waals surface area (Å²) in [6, 6.07) is 6.38. The number of fused-ring (bicyclic) bond motifs is 1. The van der Waals surface area contributed by atoms with Gasteiger partial charge in [0.05, 0.1) is 0 Å². The molecule has 0 fully saturated rings. The molecular weight excluding hydrogens is 194 g/mol. The molecule has 0 aliphatic carbocycles. The van der Waals surface area contributed by atoms with Crippen LogP contribution >= 0.6 is 0 Å². The zero-order chi connectivity index (χ0) is 11.0. The van der Waals surface area contributed by atoms with Gasteiger partial charge >= 0.3 is 5.97 Å². The van der Waals surface area contributed by atoms with Gasteiger partial charge in [-0.15, -0.1) is 0 Å². The Morgan fingerprint density at radius 2 is 2.07 bits per heavy atom. The number of hydrogen-bond acceptors (Lipinski definition) is 3. The smallest absolute Gasteiger partial charge is 0.355 e. The highest BCUT2D eigenvalue weighted by Crippen LogP contribution is 2.23. The van der Waals surface area contributed by atoms with Crippen LogP contribution in [0.5, 0.6) is 5.75 Å². The Morgan fingerprint density at radius 3 is 2.73 bits per heavy atom. The maximum Gasteiger partial charge on any atom is 0.355 e. The molecule has 0 atom stereocenters. The fourth-order valence-electron chi connectivity index (χ4n) is 1.53. The van der Waals surface area contributed by atoms with Crippen LogP contribution in [0, 0.1) is 6.92 Å². The van der Waals surface area contributed by atoms with Gasteiger partial charge in [0.2, 0.25) is 0 Å². The Morgan fingerprint density at radius 1 is 1.33 bits per heavy atom. The molecule has 0 amide bonds. The van der Waals surface area contributed by atoms with Crippen LogP contribution < -0.4 is 0 Å². The number of nitrogens with zero attached hydrogens (tertiary/aromatic N) is 1. The van der Waals surface area contributed by atoms with Crippen LogP contribution in [0.1, 0.15) is 16.2 Å². The van der Waals surface area contributed by atoms with Crippen LogP contribution in [0.25, 0.3) is 10.8 Å². The fraction of sp³-hybridized carbons (Fsp3) is 0.0909. The lowest BCUT2D eigenvalue weighted by atomic mass is 10.1. The van der Waals surface area contributed by atoms with Crippen molar-refractivity contribution in [3.8, 4) is 5.75 Å². The molecule has 2 aromatic rings. The minimum absolute atomic E-state index is 0.0269. The van der Waals surface area contributed by atoms with E-state index in [-0.39, 0.29) is 11.4 Å². The van der Waals surface area contributed by atoms with Crippen molar-refractivity contribution in [2.24, 2.45) is 0 Å². The quantitative estimate of drug-likeness (QED) is 0.743. The zero-order valence-electron chi connectivity index (χ0n) is 8.06. The first-order valence-electron chi connectivity index (χ1n) is 4.41. The first-order chi connectivity index (χ1) is 7.08. The van der Waals surface area contributed by atoms with Gasteiger partial charge in [0.15, 0.2) is 5.69 Å². The van der Waals surface area contributed by atoms with Crippen LogP contribution in [0.4, 0.5) is 0 Å². The summed E-state index contributed by atoms with van der Waals surface area (Å²) in [5.74, 6) is -1.05. The molecule has 1 aromatic heterocycles. The minimum atomic E-state index is -1.09. The lowest BCUT2D eigenvalue weighted by molar-refractivity contribution is 0.0692. The van der Waals surface area contributed by atoms with Crippen molar-refractivity contribution in [2.45, 2.75) is 6.92 Å². The highest BCUT2D eigenvalue weighted by Gasteiger charge is 2.11. The third-order valence-electron chi connectivity index (χ3n) is 2.15. The van der Waals surface area contributed by atoms with Crippen molar-refractivity contribution in [2.75, 3.05) is 0 Å². The average molecular weight is 203 g/mol. The van der Waals surface area contributed by atoms with Crippen LogP contribution in [0.2, 0.25) is 0 Å². The number of carboxylic acid groups (broad SMARTS) is 1. The van der Waals surface area contributed by atoms with Crippen LogP contribution in [-0.2, 0) is 0 Å². The summed E-state index contributed by atoms with van der Waals surface area (Å²) in [6.07, 6.45) is 0. The number of carbonyl (C=O) groups is 1. The summed E-state index contributed by atoms with van der Waals surface area (Å²) >= 11 is 0. The van der Waals surface area contributed by atoms with Gasteiger partial charge in [-0.2, -0.15) is 0 Å². The van der Waals surface area contributed by atoms with Gasteiger partial charge in [0.1, 0.15) is 5.75 Å². The lowest BCUT2D eigenvalue weighted by Gasteiger charge is -2.04. The molecule has 76 valence electrons. The molecule has 1 heterocycles. The molecule has 0 spiro atoms. The molecule has 0 saturated heterocycles. The minimum Gasteiger partial charge on any atom is -0.508 e. The molecule has 4 heteroatoms. The number of aromatic nitrogens is 1. The van der Waals surface area contributed by atoms with E-state index in [0.29, 0.717) is 11.1 Å². The average Bonchev–Trinajstić information content (AvgIpc) is 2.17. The molecular formula is C11H9NO3. The molecule has 1 aromatic carbocycles. The molecule has 0 aliphatic rings. The number of pyridine rings is 1. The Labute approximate surface area is 85.8 Å². The maximum atomic E-state index is 10.9. The van der Waals surface area contributed by atoms with Crippen molar-refractivity contribution >= 4 is 16.7 Å². The predicted molar refractivity (Wildman–Crippen MR) is 55.1 cm³/mol. The van der Waals surface area contributed by atoms with E-state index in [4.69, 9.17) is 5.11 Å². The third kappa shape index (κ3) is 1.61. The van der Waals surface area contributed by atoms with Crippen LogP contribution in [0.3, 0.4) is 0 Å². The normalized spacial score (nSPS) is 10.5. The van der Waals surface area contributed by atoms with Crippen molar-refractivity contribution in [3.05, 3.63) is 35.7 Å². The summed E-state index contributed by atoms with van der Waals surface area (Å²) in [4.78, 5) is 14.9. The fourth-order valence-corrected chi connectivity index (χ4v) is 1.53. The number of rotatable bonds is 1. The molecule has 0 unspecified atom stereocenters. The monoisotopic (exact) mass is 203 g/mol. The van der Waals surface area contributed by atoms with E-state index >= 15 is 0 Å². The predicted octanol–water partition coefficient (Wildman–Crippen LogP) is 1.95. The van der Waals surface area contributed by atoms with E-state index in [0.717, 1.165) is 5.39 Å². The molecule has 0 saturated carbocycles. The van der Waals surface area contributed by atoms with E-state index < -0.39 is 5.97 Å².